The molecular formula is C24H20Cl3F6NO3S. The first-order chi connectivity index (χ1) is 17.3. The number of carbonyl (C=O) groups is 1. The topological polar surface area (TPSA) is 77.2 Å². The number of benzene rings is 2. The molecule has 1 unspecified atom stereocenters. The molecule has 0 radical (unpaired) electrons. The minimum Gasteiger partial charge on any atom is -0.366 e. The molecule has 2 aromatic rings. The molecule has 0 saturated carbocycles. The van der Waals surface area contributed by atoms with Gasteiger partial charge in [0.15, 0.2) is 9.84 Å². The van der Waals surface area contributed by atoms with E-state index in [2.05, 4.69) is 6.58 Å². The number of hydrogen-bond donors (Lipinski definition) is 1. The molecule has 14 heteroatoms. The maximum absolute atomic E-state index is 14.2. The Balaban J connectivity index is 2.82. The molecule has 0 aliphatic heterocycles. The summed E-state index contributed by atoms with van der Waals surface area (Å²) in [6, 6.07) is 3.52. The van der Waals surface area contributed by atoms with Crippen LogP contribution in [0.5, 0.6) is 0 Å². The second-order valence-electron chi connectivity index (χ2n) is 8.30. The fourth-order valence-corrected chi connectivity index (χ4v) is 5.93. The molecule has 0 bridgehead atoms. The van der Waals surface area contributed by atoms with E-state index in [4.69, 9.17) is 40.5 Å². The first-order valence-electron chi connectivity index (χ1n) is 10.5. The number of hydrogen-bond acceptors (Lipinski definition) is 3. The lowest BCUT2D eigenvalue weighted by molar-refractivity contribution is -0.140. The molecule has 0 fully saturated rings. The fraction of sp³-hybridized carbons (Fsp3) is 0.292. The Morgan fingerprint density at radius 3 is 2.08 bits per heavy atom. The lowest BCUT2D eigenvalue weighted by atomic mass is 9.87. The molecule has 0 spiro atoms. The summed E-state index contributed by atoms with van der Waals surface area (Å²) >= 11 is 17.5. The van der Waals surface area contributed by atoms with Crippen LogP contribution in [0.1, 0.15) is 51.4 Å². The average Bonchev–Trinajstić information content (AvgIpc) is 2.74. The van der Waals surface area contributed by atoms with E-state index in [1.807, 2.05) is 0 Å². The summed E-state index contributed by atoms with van der Waals surface area (Å²) in [5.74, 6) is -6.59. The van der Waals surface area contributed by atoms with Crippen molar-refractivity contribution in [3.8, 4) is 0 Å². The number of allylic oxidation sites excluding steroid dienone is 1. The molecule has 2 atom stereocenters. The standard InChI is InChI=1S/C24H20Cl3F6NO3S/c1-3-8-38(36,37)11-12(2)19-13(4-6-15(22(34)35)20(19)24(31,32)33)5-7-16(23(28,29)30)14-9-17(25)21(27)18(26)10-14/h3-7,9-10,12,16H,1,8,11H2,2H3,(H2,34,35)/b7-5+/t12-,16?/m0/s1. The van der Waals surface area contributed by atoms with Crippen molar-refractivity contribution in [2.24, 2.45) is 5.73 Å². The summed E-state index contributed by atoms with van der Waals surface area (Å²) in [6.45, 7) is 4.44. The normalized spacial score (nSPS) is 14.5. The molecule has 1 amide bonds. The van der Waals surface area contributed by atoms with Gasteiger partial charge in [-0.15, -0.1) is 6.58 Å². The Kier molecular flexibility index (Phi) is 10.0. The Morgan fingerprint density at radius 1 is 1.08 bits per heavy atom. The zero-order valence-electron chi connectivity index (χ0n) is 19.4. The van der Waals surface area contributed by atoms with Gasteiger partial charge in [0.05, 0.1) is 43.6 Å². The molecule has 0 aliphatic carbocycles. The third kappa shape index (κ3) is 7.68. The van der Waals surface area contributed by atoms with Gasteiger partial charge in [-0.1, -0.05) is 66.0 Å². The van der Waals surface area contributed by atoms with Crippen LogP contribution in [0.4, 0.5) is 26.3 Å². The summed E-state index contributed by atoms with van der Waals surface area (Å²) in [5, 5.41) is -0.733. The van der Waals surface area contributed by atoms with Gasteiger partial charge in [0.25, 0.3) is 0 Å². The minimum atomic E-state index is -5.19. The van der Waals surface area contributed by atoms with Crippen LogP contribution in [-0.2, 0) is 16.0 Å². The van der Waals surface area contributed by atoms with E-state index in [9.17, 15) is 39.6 Å². The molecule has 0 aliphatic rings. The Hall–Kier alpha value is -2.21. The molecule has 0 heterocycles. The summed E-state index contributed by atoms with van der Waals surface area (Å²) in [7, 11) is -3.95. The Bertz CT molecular complexity index is 1350. The van der Waals surface area contributed by atoms with E-state index in [-0.39, 0.29) is 15.1 Å². The van der Waals surface area contributed by atoms with Gasteiger partial charge in [0.2, 0.25) is 5.91 Å². The molecular weight excluding hydrogens is 603 g/mol. The third-order valence-corrected chi connectivity index (χ3v) is 8.33. The average molecular weight is 623 g/mol. The van der Waals surface area contributed by atoms with Gasteiger partial charge in [0, 0.05) is 0 Å². The molecule has 4 nitrogen and oxygen atoms in total. The van der Waals surface area contributed by atoms with E-state index in [1.165, 1.54) is 0 Å². The van der Waals surface area contributed by atoms with E-state index in [0.717, 1.165) is 43.3 Å². The summed E-state index contributed by atoms with van der Waals surface area (Å²) in [6.07, 6.45) is -7.75. The van der Waals surface area contributed by atoms with Gasteiger partial charge in [-0.2, -0.15) is 26.3 Å². The highest BCUT2D eigenvalue weighted by atomic mass is 35.5. The minimum absolute atomic E-state index is 0.185. The molecule has 0 saturated heterocycles. The first kappa shape index (κ1) is 32.0. The number of primary amides is 1. The Morgan fingerprint density at radius 2 is 1.63 bits per heavy atom. The van der Waals surface area contributed by atoms with Crippen LogP contribution in [0, 0.1) is 0 Å². The van der Waals surface area contributed by atoms with E-state index in [0.29, 0.717) is 6.08 Å². The number of rotatable bonds is 9. The zero-order valence-corrected chi connectivity index (χ0v) is 22.5. The molecule has 2 aromatic carbocycles. The van der Waals surface area contributed by atoms with Crippen molar-refractivity contribution in [3.05, 3.63) is 85.9 Å². The number of carbonyl (C=O) groups excluding carboxylic acids is 1. The van der Waals surface area contributed by atoms with Gasteiger partial charge >= 0.3 is 12.4 Å². The van der Waals surface area contributed by atoms with Crippen molar-refractivity contribution in [1.29, 1.82) is 0 Å². The monoisotopic (exact) mass is 621 g/mol. The van der Waals surface area contributed by atoms with Crippen molar-refractivity contribution in [2.45, 2.75) is 31.1 Å². The second kappa shape index (κ2) is 11.9. The number of sulfone groups is 1. The smallest absolute Gasteiger partial charge is 0.366 e. The van der Waals surface area contributed by atoms with Gasteiger partial charge in [-0.3, -0.25) is 4.79 Å². The van der Waals surface area contributed by atoms with Crippen LogP contribution in [0.15, 0.2) is 43.0 Å². The number of nitrogens with two attached hydrogens (primary N) is 1. The lowest BCUT2D eigenvalue weighted by Crippen LogP contribution is -2.24. The summed E-state index contributed by atoms with van der Waals surface area (Å²) in [5.41, 5.74) is 1.09. The maximum atomic E-state index is 14.2. The SMILES string of the molecule is C=CCS(=O)(=O)C[C@H](C)c1c(/C=C/C(c2cc(Cl)c(Cl)c(Cl)c2)C(F)(F)F)ccc(C(N)=O)c1C(F)(F)F. The van der Waals surface area contributed by atoms with Crippen LogP contribution < -0.4 is 5.73 Å². The highest BCUT2D eigenvalue weighted by Gasteiger charge is 2.41. The van der Waals surface area contributed by atoms with Crippen LogP contribution in [-0.4, -0.2) is 32.0 Å². The van der Waals surface area contributed by atoms with Crippen molar-refractivity contribution < 1.29 is 39.6 Å². The van der Waals surface area contributed by atoms with Crippen molar-refractivity contribution in [2.75, 3.05) is 11.5 Å². The lowest BCUT2D eigenvalue weighted by Gasteiger charge is -2.23. The fourth-order valence-electron chi connectivity index (χ4n) is 3.90. The predicted molar refractivity (Wildman–Crippen MR) is 137 cm³/mol. The quantitative estimate of drug-likeness (QED) is 0.176. The van der Waals surface area contributed by atoms with E-state index >= 15 is 0 Å². The van der Waals surface area contributed by atoms with E-state index in [1.54, 1.807) is 0 Å². The van der Waals surface area contributed by atoms with Gasteiger partial charge in [-0.25, -0.2) is 8.42 Å². The molecule has 2 rings (SSSR count). The predicted octanol–water partition coefficient (Wildman–Crippen LogP) is 7.83. The largest absolute Gasteiger partial charge is 0.417 e. The molecule has 0 aromatic heterocycles. The highest BCUT2D eigenvalue weighted by Crippen LogP contribution is 2.43. The van der Waals surface area contributed by atoms with Crippen LogP contribution >= 0.6 is 34.8 Å². The van der Waals surface area contributed by atoms with Crippen LogP contribution in [0.3, 0.4) is 0 Å². The maximum Gasteiger partial charge on any atom is 0.417 e. The van der Waals surface area contributed by atoms with E-state index < -0.39 is 79.3 Å². The molecule has 208 valence electrons. The van der Waals surface area contributed by atoms with Crippen molar-refractivity contribution in [3.63, 3.8) is 0 Å². The van der Waals surface area contributed by atoms with Crippen LogP contribution in [0.25, 0.3) is 6.08 Å². The molecule has 38 heavy (non-hydrogen) atoms. The second-order valence-corrected chi connectivity index (χ2v) is 11.6. The number of alkyl halides is 6. The number of amides is 1. The summed E-state index contributed by atoms with van der Waals surface area (Å²) < 4.78 is 109. The van der Waals surface area contributed by atoms with Gasteiger partial charge in [-0.05, 0) is 40.8 Å². The Labute approximate surface area is 230 Å². The van der Waals surface area contributed by atoms with Gasteiger partial charge < -0.3 is 5.73 Å². The third-order valence-electron chi connectivity index (χ3n) is 5.38. The van der Waals surface area contributed by atoms with Crippen LogP contribution in [0.2, 0.25) is 15.1 Å². The highest BCUT2D eigenvalue weighted by molar-refractivity contribution is 7.91. The summed E-state index contributed by atoms with van der Waals surface area (Å²) in [4.78, 5) is 11.8. The zero-order chi connectivity index (χ0) is 29.2. The van der Waals surface area contributed by atoms with Crippen molar-refractivity contribution >= 4 is 56.6 Å². The van der Waals surface area contributed by atoms with Crippen molar-refractivity contribution in [1.82, 2.24) is 0 Å². The number of halogens is 9. The van der Waals surface area contributed by atoms with Gasteiger partial charge in [0.1, 0.15) is 0 Å². The first-order valence-corrected chi connectivity index (χ1v) is 13.5. The molecule has 2 N–H and O–H groups in total.